The lowest BCUT2D eigenvalue weighted by Gasteiger charge is -2.36. The molecule has 1 aromatic heterocycles. The van der Waals surface area contributed by atoms with Crippen molar-refractivity contribution in [2.75, 3.05) is 6.54 Å². The van der Waals surface area contributed by atoms with Crippen LogP contribution in [0, 0.1) is 5.41 Å². The van der Waals surface area contributed by atoms with E-state index in [-0.39, 0.29) is 30.1 Å². The number of hydrogen-bond donors (Lipinski definition) is 2. The third-order valence-electron chi connectivity index (χ3n) is 5.58. The zero-order valence-corrected chi connectivity index (χ0v) is 15.5. The van der Waals surface area contributed by atoms with Crippen LogP contribution in [0.3, 0.4) is 0 Å². The van der Waals surface area contributed by atoms with Gasteiger partial charge in [0.15, 0.2) is 0 Å². The maximum absolute atomic E-state index is 12.7. The molecule has 0 bridgehead atoms. The molecule has 3 rings (SSSR count). The van der Waals surface area contributed by atoms with Crippen LogP contribution >= 0.6 is 0 Å². The first-order chi connectivity index (χ1) is 13.1. The van der Waals surface area contributed by atoms with Gasteiger partial charge in [-0.15, -0.1) is 0 Å². The summed E-state index contributed by atoms with van der Waals surface area (Å²) >= 11 is 0. The van der Waals surface area contributed by atoms with Crippen molar-refractivity contribution >= 4 is 11.9 Å². The first-order valence-electron chi connectivity index (χ1n) is 9.65. The standard InChI is InChI=1S/C22H27NO4/c24-20(23-16-22(15-21(25)26)11-5-2-6-12-22)14-18(19-10-7-13-27-19)17-8-3-1-4-9-17/h1,3-4,7-10,13,18H,2,5-6,11-12,14-16H2,(H,23,24)(H,25,26)/t18-/m1/s1. The van der Waals surface area contributed by atoms with Crippen LogP contribution < -0.4 is 5.32 Å². The van der Waals surface area contributed by atoms with Crippen LogP contribution in [-0.2, 0) is 9.59 Å². The Hall–Kier alpha value is -2.56. The Bertz CT molecular complexity index is 733. The average molecular weight is 369 g/mol. The molecule has 0 aliphatic heterocycles. The van der Waals surface area contributed by atoms with Gasteiger partial charge in [-0.05, 0) is 36.0 Å². The van der Waals surface area contributed by atoms with E-state index < -0.39 is 5.97 Å². The monoisotopic (exact) mass is 369 g/mol. The number of rotatable bonds is 8. The third kappa shape index (κ3) is 5.22. The van der Waals surface area contributed by atoms with Crippen LogP contribution in [0.25, 0.3) is 0 Å². The van der Waals surface area contributed by atoms with E-state index in [0.717, 1.165) is 43.4 Å². The van der Waals surface area contributed by atoms with Gasteiger partial charge in [-0.25, -0.2) is 0 Å². The van der Waals surface area contributed by atoms with Gasteiger partial charge >= 0.3 is 5.97 Å². The van der Waals surface area contributed by atoms with Gasteiger partial charge in [0.25, 0.3) is 0 Å². The van der Waals surface area contributed by atoms with Crippen molar-refractivity contribution in [2.24, 2.45) is 5.41 Å². The second kappa shape index (κ2) is 8.89. The summed E-state index contributed by atoms with van der Waals surface area (Å²) in [6.07, 6.45) is 6.94. The second-order valence-corrected chi connectivity index (χ2v) is 7.59. The highest BCUT2D eigenvalue weighted by molar-refractivity contribution is 5.77. The molecule has 1 atom stereocenters. The number of carbonyl (C=O) groups excluding carboxylic acids is 1. The first kappa shape index (κ1) is 19.2. The fourth-order valence-electron chi connectivity index (χ4n) is 4.14. The van der Waals surface area contributed by atoms with Crippen molar-refractivity contribution in [3.05, 3.63) is 60.1 Å². The summed E-state index contributed by atoms with van der Waals surface area (Å²) in [5.74, 6) is -0.253. The molecule has 2 aromatic rings. The van der Waals surface area contributed by atoms with Crippen molar-refractivity contribution in [3.8, 4) is 0 Å². The van der Waals surface area contributed by atoms with E-state index in [4.69, 9.17) is 4.42 Å². The summed E-state index contributed by atoms with van der Waals surface area (Å²) in [5, 5.41) is 12.3. The largest absolute Gasteiger partial charge is 0.481 e. The highest BCUT2D eigenvalue weighted by Crippen LogP contribution is 2.39. The number of furan rings is 1. The summed E-state index contributed by atoms with van der Waals surface area (Å²) < 4.78 is 5.56. The number of aliphatic carboxylic acids is 1. The number of carboxylic acid groups (broad SMARTS) is 1. The minimum Gasteiger partial charge on any atom is -0.481 e. The number of amides is 1. The molecule has 0 radical (unpaired) electrons. The minimum atomic E-state index is -0.788. The van der Waals surface area contributed by atoms with Crippen molar-refractivity contribution in [1.82, 2.24) is 5.32 Å². The normalized spacial score (nSPS) is 17.2. The Morgan fingerprint density at radius 1 is 1.07 bits per heavy atom. The molecule has 1 heterocycles. The van der Waals surface area contributed by atoms with Gasteiger partial charge in [0.1, 0.15) is 5.76 Å². The summed E-state index contributed by atoms with van der Waals surface area (Å²) in [6.45, 7) is 0.428. The van der Waals surface area contributed by atoms with Crippen molar-refractivity contribution in [1.29, 1.82) is 0 Å². The van der Waals surface area contributed by atoms with Gasteiger partial charge < -0.3 is 14.8 Å². The third-order valence-corrected chi connectivity index (χ3v) is 5.58. The van der Waals surface area contributed by atoms with Gasteiger partial charge in [-0.2, -0.15) is 0 Å². The Labute approximate surface area is 159 Å². The molecule has 5 heteroatoms. The Morgan fingerprint density at radius 2 is 1.81 bits per heavy atom. The Kier molecular flexibility index (Phi) is 6.32. The molecule has 1 fully saturated rings. The Morgan fingerprint density at radius 3 is 2.44 bits per heavy atom. The predicted octanol–water partition coefficient (Wildman–Crippen LogP) is 4.34. The summed E-state index contributed by atoms with van der Waals surface area (Å²) in [5.41, 5.74) is 0.715. The zero-order valence-electron chi connectivity index (χ0n) is 15.5. The fourth-order valence-corrected chi connectivity index (χ4v) is 4.14. The molecule has 1 aliphatic rings. The maximum atomic E-state index is 12.7. The molecule has 1 aromatic carbocycles. The number of hydrogen-bond acceptors (Lipinski definition) is 3. The van der Waals surface area contributed by atoms with Gasteiger partial charge in [-0.1, -0.05) is 49.6 Å². The second-order valence-electron chi connectivity index (χ2n) is 7.59. The van der Waals surface area contributed by atoms with Gasteiger partial charge in [0.05, 0.1) is 18.6 Å². The molecule has 1 amide bonds. The predicted molar refractivity (Wildman–Crippen MR) is 102 cm³/mol. The SMILES string of the molecule is O=C(O)CC1(CNC(=O)C[C@H](c2ccccc2)c2ccco2)CCCCC1. The van der Waals surface area contributed by atoms with Crippen LogP contribution in [-0.4, -0.2) is 23.5 Å². The summed E-state index contributed by atoms with van der Waals surface area (Å²) in [7, 11) is 0. The number of carboxylic acids is 1. The van der Waals surface area contributed by atoms with E-state index in [2.05, 4.69) is 5.32 Å². The van der Waals surface area contributed by atoms with Crippen LogP contribution in [0.5, 0.6) is 0 Å². The molecule has 27 heavy (non-hydrogen) atoms. The first-order valence-corrected chi connectivity index (χ1v) is 9.65. The maximum Gasteiger partial charge on any atom is 0.303 e. The van der Waals surface area contributed by atoms with Crippen molar-refractivity contribution in [3.63, 3.8) is 0 Å². The van der Waals surface area contributed by atoms with E-state index in [1.54, 1.807) is 6.26 Å². The molecule has 0 unspecified atom stereocenters. The van der Waals surface area contributed by atoms with Crippen LogP contribution in [0.15, 0.2) is 53.1 Å². The Balaban J connectivity index is 1.66. The molecule has 0 spiro atoms. The lowest BCUT2D eigenvalue weighted by molar-refractivity contribution is -0.140. The molecular formula is C22H27NO4. The van der Waals surface area contributed by atoms with Gasteiger partial charge in [0.2, 0.25) is 5.91 Å². The molecule has 2 N–H and O–H groups in total. The van der Waals surface area contributed by atoms with Crippen LogP contribution in [0.2, 0.25) is 0 Å². The highest BCUT2D eigenvalue weighted by Gasteiger charge is 2.35. The summed E-state index contributed by atoms with van der Waals surface area (Å²) in [6, 6.07) is 13.5. The lowest BCUT2D eigenvalue weighted by Crippen LogP contribution is -2.40. The van der Waals surface area contributed by atoms with E-state index >= 15 is 0 Å². The molecule has 144 valence electrons. The number of carbonyl (C=O) groups is 2. The van der Waals surface area contributed by atoms with Gasteiger partial charge in [-0.3, -0.25) is 9.59 Å². The quantitative estimate of drug-likeness (QED) is 0.725. The molecular weight excluding hydrogens is 342 g/mol. The van der Waals surface area contributed by atoms with E-state index in [0.29, 0.717) is 6.54 Å². The topological polar surface area (TPSA) is 79.5 Å². The lowest BCUT2D eigenvalue weighted by atomic mass is 9.71. The molecule has 1 saturated carbocycles. The van der Waals surface area contributed by atoms with Crippen molar-refractivity contribution in [2.45, 2.75) is 50.9 Å². The van der Waals surface area contributed by atoms with Crippen molar-refractivity contribution < 1.29 is 19.1 Å². The zero-order chi connectivity index (χ0) is 19.1. The molecule has 1 aliphatic carbocycles. The van der Waals surface area contributed by atoms with Crippen LogP contribution in [0.1, 0.15) is 62.2 Å². The average Bonchev–Trinajstić information content (AvgIpc) is 3.20. The number of benzene rings is 1. The summed E-state index contributed by atoms with van der Waals surface area (Å²) in [4.78, 5) is 24.0. The molecule has 5 nitrogen and oxygen atoms in total. The fraction of sp³-hybridized carbons (Fsp3) is 0.455. The molecule has 0 saturated heterocycles. The van der Waals surface area contributed by atoms with Crippen LogP contribution in [0.4, 0.5) is 0 Å². The number of nitrogens with one attached hydrogen (secondary N) is 1. The van der Waals surface area contributed by atoms with E-state index in [9.17, 15) is 14.7 Å². The highest BCUT2D eigenvalue weighted by atomic mass is 16.4. The van der Waals surface area contributed by atoms with E-state index in [1.807, 2.05) is 42.5 Å². The van der Waals surface area contributed by atoms with E-state index in [1.165, 1.54) is 0 Å². The minimum absolute atomic E-state index is 0.0735. The van der Waals surface area contributed by atoms with Gasteiger partial charge in [0, 0.05) is 13.0 Å². The smallest absolute Gasteiger partial charge is 0.303 e.